The summed E-state index contributed by atoms with van der Waals surface area (Å²) in [7, 11) is -3.56. The molecule has 0 heterocycles. The van der Waals surface area contributed by atoms with Crippen LogP contribution in [0.3, 0.4) is 0 Å². The smallest absolute Gasteiger partial charge is 0.255 e. The number of amides is 1. The van der Waals surface area contributed by atoms with Crippen LogP contribution in [0.1, 0.15) is 24.2 Å². The van der Waals surface area contributed by atoms with Crippen molar-refractivity contribution in [3.05, 3.63) is 84.4 Å². The third kappa shape index (κ3) is 5.66. The molecule has 1 amide bonds. The predicted molar refractivity (Wildman–Crippen MR) is 113 cm³/mol. The van der Waals surface area contributed by atoms with E-state index in [1.807, 2.05) is 30.3 Å². The van der Waals surface area contributed by atoms with Crippen molar-refractivity contribution in [1.82, 2.24) is 4.72 Å². The Morgan fingerprint density at radius 2 is 1.41 bits per heavy atom. The van der Waals surface area contributed by atoms with E-state index in [9.17, 15) is 13.2 Å². The lowest BCUT2D eigenvalue weighted by Crippen LogP contribution is -2.30. The molecule has 0 fully saturated rings. The normalized spacial score (nSPS) is 11.3. The minimum absolute atomic E-state index is 0.145. The lowest BCUT2D eigenvalue weighted by atomic mass is 10.2. The molecule has 2 N–H and O–H groups in total. The molecule has 0 saturated carbocycles. The van der Waals surface area contributed by atoms with Gasteiger partial charge in [-0.1, -0.05) is 18.2 Å². The van der Waals surface area contributed by atoms with Crippen LogP contribution in [0, 0.1) is 0 Å². The number of benzene rings is 3. The van der Waals surface area contributed by atoms with Crippen LogP contribution in [0.4, 0.5) is 5.69 Å². The van der Waals surface area contributed by atoms with E-state index in [0.717, 1.165) is 0 Å². The summed E-state index contributed by atoms with van der Waals surface area (Å²) < 4.78 is 32.5. The number of sulfonamides is 1. The first kappa shape index (κ1) is 20.6. The minimum Gasteiger partial charge on any atom is -0.457 e. The van der Waals surface area contributed by atoms with Crippen LogP contribution < -0.4 is 14.8 Å². The molecular weight excluding hydrogens is 388 g/mol. The number of carbonyl (C=O) groups is 1. The van der Waals surface area contributed by atoms with Crippen LogP contribution in [0.5, 0.6) is 11.5 Å². The number of para-hydroxylation sites is 1. The predicted octanol–water partition coefficient (Wildman–Crippen LogP) is 4.42. The number of hydrogen-bond donors (Lipinski definition) is 2. The van der Waals surface area contributed by atoms with Crippen molar-refractivity contribution in [2.75, 3.05) is 5.32 Å². The first-order valence-electron chi connectivity index (χ1n) is 9.10. The Kier molecular flexibility index (Phi) is 6.31. The lowest BCUT2D eigenvalue weighted by Gasteiger charge is -2.11. The second-order valence-electron chi connectivity index (χ2n) is 6.69. The summed E-state index contributed by atoms with van der Waals surface area (Å²) in [5.41, 5.74) is 0.965. The summed E-state index contributed by atoms with van der Waals surface area (Å²) in [6, 6.07) is 22.0. The third-order valence-electron chi connectivity index (χ3n) is 3.91. The van der Waals surface area contributed by atoms with Gasteiger partial charge in [0.2, 0.25) is 10.0 Å². The zero-order valence-corrected chi connectivity index (χ0v) is 16.9. The van der Waals surface area contributed by atoms with E-state index in [4.69, 9.17) is 4.74 Å². The monoisotopic (exact) mass is 410 g/mol. The SMILES string of the molecule is CC(C)NS(=O)(=O)c1ccc(NC(=O)c2ccc(Oc3ccccc3)cc2)cc1. The summed E-state index contributed by atoms with van der Waals surface area (Å²) in [4.78, 5) is 12.6. The van der Waals surface area contributed by atoms with Crippen molar-refractivity contribution < 1.29 is 17.9 Å². The summed E-state index contributed by atoms with van der Waals surface area (Å²) in [5.74, 6) is 1.04. The summed E-state index contributed by atoms with van der Waals surface area (Å²) in [6.45, 7) is 3.50. The zero-order chi connectivity index (χ0) is 20.9. The maximum atomic E-state index is 12.4. The van der Waals surface area contributed by atoms with Gasteiger partial charge < -0.3 is 10.1 Å². The van der Waals surface area contributed by atoms with E-state index in [2.05, 4.69) is 10.0 Å². The Morgan fingerprint density at radius 1 is 0.828 bits per heavy atom. The van der Waals surface area contributed by atoms with E-state index in [1.165, 1.54) is 12.1 Å². The van der Waals surface area contributed by atoms with Crippen molar-refractivity contribution in [2.45, 2.75) is 24.8 Å². The van der Waals surface area contributed by atoms with Crippen LogP contribution in [0.2, 0.25) is 0 Å². The number of rotatable bonds is 7. The molecule has 0 aliphatic rings. The molecule has 6 nitrogen and oxygen atoms in total. The maximum Gasteiger partial charge on any atom is 0.255 e. The molecule has 29 heavy (non-hydrogen) atoms. The van der Waals surface area contributed by atoms with Gasteiger partial charge in [-0.25, -0.2) is 13.1 Å². The van der Waals surface area contributed by atoms with Gasteiger partial charge in [-0.15, -0.1) is 0 Å². The van der Waals surface area contributed by atoms with Gasteiger partial charge in [-0.2, -0.15) is 0 Å². The lowest BCUT2D eigenvalue weighted by molar-refractivity contribution is 0.102. The quantitative estimate of drug-likeness (QED) is 0.604. The molecule has 0 saturated heterocycles. The Bertz CT molecular complexity index is 1060. The molecule has 0 aliphatic carbocycles. The first-order chi connectivity index (χ1) is 13.8. The van der Waals surface area contributed by atoms with Gasteiger partial charge in [-0.3, -0.25) is 4.79 Å². The molecular formula is C22H22N2O4S. The number of hydrogen-bond acceptors (Lipinski definition) is 4. The second-order valence-corrected chi connectivity index (χ2v) is 8.41. The third-order valence-corrected chi connectivity index (χ3v) is 5.58. The molecule has 3 aromatic rings. The van der Waals surface area contributed by atoms with Gasteiger partial charge in [0.15, 0.2) is 0 Å². The van der Waals surface area contributed by atoms with Gasteiger partial charge in [0.1, 0.15) is 11.5 Å². The Labute approximate surface area is 170 Å². The van der Waals surface area contributed by atoms with Crippen LogP contribution >= 0.6 is 0 Å². The molecule has 3 rings (SSSR count). The average Bonchev–Trinajstić information content (AvgIpc) is 2.69. The summed E-state index contributed by atoms with van der Waals surface area (Å²) in [6.07, 6.45) is 0. The number of anilines is 1. The van der Waals surface area contributed by atoms with Crippen molar-refractivity contribution >= 4 is 21.6 Å². The van der Waals surface area contributed by atoms with Crippen LogP contribution in [0.15, 0.2) is 83.8 Å². The van der Waals surface area contributed by atoms with Gasteiger partial charge in [-0.05, 0) is 74.5 Å². The van der Waals surface area contributed by atoms with E-state index in [-0.39, 0.29) is 16.8 Å². The van der Waals surface area contributed by atoms with E-state index in [0.29, 0.717) is 22.7 Å². The minimum atomic E-state index is -3.56. The Balaban J connectivity index is 1.64. The highest BCUT2D eigenvalue weighted by Gasteiger charge is 2.15. The highest BCUT2D eigenvalue weighted by atomic mass is 32.2. The Morgan fingerprint density at radius 3 is 2.00 bits per heavy atom. The number of ether oxygens (including phenoxy) is 1. The average molecular weight is 410 g/mol. The molecule has 0 spiro atoms. The maximum absolute atomic E-state index is 12.4. The number of nitrogens with one attached hydrogen (secondary N) is 2. The fraction of sp³-hybridized carbons (Fsp3) is 0.136. The van der Waals surface area contributed by atoms with Gasteiger partial charge in [0, 0.05) is 17.3 Å². The van der Waals surface area contributed by atoms with E-state index in [1.54, 1.807) is 50.2 Å². The Hall–Kier alpha value is -3.16. The highest BCUT2D eigenvalue weighted by Crippen LogP contribution is 2.22. The molecule has 150 valence electrons. The van der Waals surface area contributed by atoms with Crippen molar-refractivity contribution in [2.24, 2.45) is 0 Å². The largest absolute Gasteiger partial charge is 0.457 e. The van der Waals surface area contributed by atoms with E-state index >= 15 is 0 Å². The zero-order valence-electron chi connectivity index (χ0n) is 16.1. The van der Waals surface area contributed by atoms with Crippen molar-refractivity contribution in [1.29, 1.82) is 0 Å². The van der Waals surface area contributed by atoms with Gasteiger partial charge >= 0.3 is 0 Å². The summed E-state index contributed by atoms with van der Waals surface area (Å²) in [5, 5.41) is 2.75. The van der Waals surface area contributed by atoms with Crippen molar-refractivity contribution in [3.8, 4) is 11.5 Å². The molecule has 0 aromatic heterocycles. The fourth-order valence-electron chi connectivity index (χ4n) is 2.60. The molecule has 0 radical (unpaired) electrons. The second kappa shape index (κ2) is 8.89. The topological polar surface area (TPSA) is 84.5 Å². The fourth-order valence-corrected chi connectivity index (χ4v) is 3.85. The van der Waals surface area contributed by atoms with Gasteiger partial charge in [0.25, 0.3) is 5.91 Å². The van der Waals surface area contributed by atoms with Crippen LogP contribution in [-0.4, -0.2) is 20.4 Å². The molecule has 0 bridgehead atoms. The van der Waals surface area contributed by atoms with Crippen molar-refractivity contribution in [3.63, 3.8) is 0 Å². The highest BCUT2D eigenvalue weighted by molar-refractivity contribution is 7.89. The van der Waals surface area contributed by atoms with Crippen LogP contribution in [-0.2, 0) is 10.0 Å². The molecule has 0 unspecified atom stereocenters. The molecule has 7 heteroatoms. The first-order valence-corrected chi connectivity index (χ1v) is 10.6. The standard InChI is InChI=1S/C22H22N2O4S/c1-16(2)24-29(26,27)21-14-10-18(11-15-21)23-22(25)17-8-12-20(13-9-17)28-19-6-4-3-5-7-19/h3-16,24H,1-2H3,(H,23,25). The summed E-state index contributed by atoms with van der Waals surface area (Å²) >= 11 is 0. The molecule has 3 aromatic carbocycles. The molecule has 0 atom stereocenters. The van der Waals surface area contributed by atoms with E-state index < -0.39 is 10.0 Å². The number of carbonyl (C=O) groups excluding carboxylic acids is 1. The van der Waals surface area contributed by atoms with Gasteiger partial charge in [0.05, 0.1) is 4.90 Å². The molecule has 0 aliphatic heterocycles. The van der Waals surface area contributed by atoms with Crippen LogP contribution in [0.25, 0.3) is 0 Å².